The summed E-state index contributed by atoms with van der Waals surface area (Å²) in [5.41, 5.74) is -0.492. The second kappa shape index (κ2) is 6.26. The molecule has 3 nitrogen and oxygen atoms in total. The fraction of sp³-hybridized carbons (Fsp3) is 0.500. The minimum Gasteiger partial charge on any atom is -0.352 e. The van der Waals surface area contributed by atoms with Crippen LogP contribution in [-0.4, -0.2) is 25.5 Å². The van der Waals surface area contributed by atoms with Gasteiger partial charge in [-0.25, -0.2) is 0 Å². The second-order valence-corrected chi connectivity index (χ2v) is 4.98. The molecule has 1 heterocycles. The summed E-state index contributed by atoms with van der Waals surface area (Å²) < 4.78 is 37.2. The van der Waals surface area contributed by atoms with Crippen molar-refractivity contribution in [1.82, 2.24) is 10.6 Å². The normalized spacial score (nSPS) is 19.1. The van der Waals surface area contributed by atoms with E-state index in [1.807, 2.05) is 0 Å². The van der Waals surface area contributed by atoms with Crippen molar-refractivity contribution in [3.63, 3.8) is 0 Å². The molecular weight excluding hydrogens is 269 g/mol. The number of amides is 1. The maximum absolute atomic E-state index is 12.4. The summed E-state index contributed by atoms with van der Waals surface area (Å²) in [7, 11) is 0. The van der Waals surface area contributed by atoms with Crippen LogP contribution in [0, 0.1) is 5.92 Å². The van der Waals surface area contributed by atoms with E-state index in [4.69, 9.17) is 0 Å². The summed E-state index contributed by atoms with van der Waals surface area (Å²) in [5.74, 6) is 0.243. The molecule has 2 rings (SSSR count). The molecule has 2 N–H and O–H groups in total. The minimum absolute atomic E-state index is 0.252. The van der Waals surface area contributed by atoms with Gasteiger partial charge in [-0.1, -0.05) is 0 Å². The number of benzene rings is 1. The van der Waals surface area contributed by atoms with Gasteiger partial charge in [-0.2, -0.15) is 13.2 Å². The number of hydrogen-bond acceptors (Lipinski definition) is 2. The number of carbonyl (C=O) groups excluding carboxylic acids is 1. The first-order chi connectivity index (χ1) is 9.47. The van der Waals surface area contributed by atoms with E-state index in [-0.39, 0.29) is 11.5 Å². The third-order valence-electron chi connectivity index (χ3n) is 3.47. The average molecular weight is 286 g/mol. The molecule has 1 aliphatic rings. The number of hydrogen-bond donors (Lipinski definition) is 2. The number of rotatable bonds is 4. The molecule has 0 spiro atoms. The Bertz CT molecular complexity index is 450. The molecule has 1 unspecified atom stereocenters. The van der Waals surface area contributed by atoms with Gasteiger partial charge in [0.1, 0.15) is 0 Å². The summed E-state index contributed by atoms with van der Waals surface area (Å²) in [4.78, 5) is 11.8. The summed E-state index contributed by atoms with van der Waals surface area (Å²) in [6.45, 7) is 2.53. The van der Waals surface area contributed by atoms with Gasteiger partial charge in [-0.3, -0.25) is 4.79 Å². The third kappa shape index (κ3) is 3.96. The van der Waals surface area contributed by atoms with Crippen molar-refractivity contribution in [2.24, 2.45) is 5.92 Å². The molecule has 1 saturated heterocycles. The van der Waals surface area contributed by atoms with E-state index in [1.165, 1.54) is 12.1 Å². The largest absolute Gasteiger partial charge is 0.416 e. The van der Waals surface area contributed by atoms with Crippen molar-refractivity contribution in [3.05, 3.63) is 35.4 Å². The summed E-state index contributed by atoms with van der Waals surface area (Å²) >= 11 is 0. The van der Waals surface area contributed by atoms with Gasteiger partial charge in [0, 0.05) is 12.1 Å². The van der Waals surface area contributed by atoms with Gasteiger partial charge >= 0.3 is 6.18 Å². The molecule has 0 aromatic heterocycles. The first-order valence-corrected chi connectivity index (χ1v) is 6.63. The monoisotopic (exact) mass is 286 g/mol. The summed E-state index contributed by atoms with van der Waals surface area (Å²) in [6, 6.07) is 4.26. The van der Waals surface area contributed by atoms with Crippen LogP contribution >= 0.6 is 0 Å². The number of carbonyl (C=O) groups is 1. The maximum atomic E-state index is 12.4. The molecule has 1 aromatic rings. The number of alkyl halides is 3. The lowest BCUT2D eigenvalue weighted by Gasteiger charge is -2.10. The van der Waals surface area contributed by atoms with Crippen LogP contribution in [0.5, 0.6) is 0 Å². The van der Waals surface area contributed by atoms with Gasteiger partial charge < -0.3 is 10.6 Å². The van der Waals surface area contributed by atoms with Crippen LogP contribution in [-0.2, 0) is 6.18 Å². The second-order valence-electron chi connectivity index (χ2n) is 4.98. The highest BCUT2D eigenvalue weighted by Gasteiger charge is 2.30. The van der Waals surface area contributed by atoms with Crippen molar-refractivity contribution in [1.29, 1.82) is 0 Å². The molecular formula is C14H17F3N2O. The maximum Gasteiger partial charge on any atom is 0.416 e. The van der Waals surface area contributed by atoms with E-state index in [0.29, 0.717) is 12.5 Å². The minimum atomic E-state index is -4.37. The topological polar surface area (TPSA) is 41.1 Å². The van der Waals surface area contributed by atoms with Crippen LogP contribution in [0.25, 0.3) is 0 Å². The van der Waals surface area contributed by atoms with Crippen molar-refractivity contribution in [2.45, 2.75) is 19.0 Å². The predicted octanol–water partition coefficient (Wildman–Crippen LogP) is 2.43. The Kier molecular flexibility index (Phi) is 4.65. The Morgan fingerprint density at radius 1 is 1.30 bits per heavy atom. The van der Waals surface area contributed by atoms with Crippen molar-refractivity contribution in [2.75, 3.05) is 19.6 Å². The lowest BCUT2D eigenvalue weighted by Crippen LogP contribution is -2.26. The van der Waals surface area contributed by atoms with Crippen LogP contribution in [0.2, 0.25) is 0 Å². The Morgan fingerprint density at radius 2 is 2.00 bits per heavy atom. The molecule has 0 radical (unpaired) electrons. The fourth-order valence-electron chi connectivity index (χ4n) is 2.26. The zero-order valence-electron chi connectivity index (χ0n) is 11.0. The molecule has 0 bridgehead atoms. The van der Waals surface area contributed by atoms with Crippen LogP contribution in [0.15, 0.2) is 24.3 Å². The molecule has 110 valence electrons. The highest BCUT2D eigenvalue weighted by molar-refractivity contribution is 5.94. The zero-order valence-corrected chi connectivity index (χ0v) is 11.0. The highest BCUT2D eigenvalue weighted by Crippen LogP contribution is 2.29. The first-order valence-electron chi connectivity index (χ1n) is 6.63. The van der Waals surface area contributed by atoms with Crippen molar-refractivity contribution in [3.8, 4) is 0 Å². The number of nitrogens with one attached hydrogen (secondary N) is 2. The molecule has 1 atom stereocenters. The molecule has 1 amide bonds. The molecule has 1 aromatic carbocycles. The van der Waals surface area contributed by atoms with Gasteiger partial charge in [-0.05, 0) is 56.1 Å². The lowest BCUT2D eigenvalue weighted by molar-refractivity contribution is -0.137. The molecule has 1 aliphatic heterocycles. The quantitative estimate of drug-likeness (QED) is 0.892. The molecule has 0 saturated carbocycles. The molecule has 1 fully saturated rings. The average Bonchev–Trinajstić information content (AvgIpc) is 2.91. The Hall–Kier alpha value is -1.56. The first kappa shape index (κ1) is 14.8. The van der Waals surface area contributed by atoms with Gasteiger partial charge in [0.2, 0.25) is 0 Å². The SMILES string of the molecule is O=C(NCCC1CCNC1)c1ccc(C(F)(F)F)cc1. The van der Waals surface area contributed by atoms with E-state index >= 15 is 0 Å². The van der Waals surface area contributed by atoms with Crippen LogP contribution < -0.4 is 10.6 Å². The Labute approximate surface area is 115 Å². The van der Waals surface area contributed by atoms with Crippen LogP contribution in [0.3, 0.4) is 0 Å². The van der Waals surface area contributed by atoms with E-state index < -0.39 is 11.7 Å². The van der Waals surface area contributed by atoms with Crippen molar-refractivity contribution < 1.29 is 18.0 Å². The third-order valence-corrected chi connectivity index (χ3v) is 3.47. The van der Waals surface area contributed by atoms with Crippen LogP contribution in [0.4, 0.5) is 13.2 Å². The van der Waals surface area contributed by atoms with E-state index in [9.17, 15) is 18.0 Å². The van der Waals surface area contributed by atoms with Gasteiger partial charge in [0.05, 0.1) is 5.56 Å². The zero-order chi connectivity index (χ0) is 14.6. The lowest BCUT2D eigenvalue weighted by atomic mass is 10.1. The Balaban J connectivity index is 1.82. The molecule has 6 heteroatoms. The molecule has 0 aliphatic carbocycles. The molecule has 20 heavy (non-hydrogen) atoms. The van der Waals surface area contributed by atoms with Crippen molar-refractivity contribution >= 4 is 5.91 Å². The smallest absolute Gasteiger partial charge is 0.352 e. The van der Waals surface area contributed by atoms with E-state index in [0.717, 1.165) is 38.1 Å². The van der Waals surface area contributed by atoms with E-state index in [2.05, 4.69) is 10.6 Å². The van der Waals surface area contributed by atoms with Gasteiger partial charge in [-0.15, -0.1) is 0 Å². The van der Waals surface area contributed by atoms with E-state index in [1.54, 1.807) is 0 Å². The highest BCUT2D eigenvalue weighted by atomic mass is 19.4. The van der Waals surface area contributed by atoms with Gasteiger partial charge in [0.15, 0.2) is 0 Å². The van der Waals surface area contributed by atoms with Gasteiger partial charge in [0.25, 0.3) is 5.91 Å². The summed E-state index contributed by atoms with van der Waals surface area (Å²) in [5, 5.41) is 5.98. The summed E-state index contributed by atoms with van der Waals surface area (Å²) in [6.07, 6.45) is -2.37. The van der Waals surface area contributed by atoms with Crippen LogP contribution in [0.1, 0.15) is 28.8 Å². The Morgan fingerprint density at radius 3 is 2.55 bits per heavy atom. The fourth-order valence-corrected chi connectivity index (χ4v) is 2.26. The standard InChI is InChI=1S/C14H17F3N2O/c15-14(16,17)12-3-1-11(2-4-12)13(20)19-8-6-10-5-7-18-9-10/h1-4,10,18H,5-9H2,(H,19,20). The predicted molar refractivity (Wildman–Crippen MR) is 69.4 cm³/mol. The number of halogens is 3.